The van der Waals surface area contributed by atoms with Crippen molar-refractivity contribution < 1.29 is 4.74 Å². The van der Waals surface area contributed by atoms with Crippen molar-refractivity contribution in [3.8, 4) is 0 Å². The van der Waals surface area contributed by atoms with Gasteiger partial charge in [0.2, 0.25) is 0 Å². The first kappa shape index (κ1) is 16.6. The van der Waals surface area contributed by atoms with Crippen LogP contribution in [0.15, 0.2) is 18.5 Å². The first-order valence-corrected chi connectivity index (χ1v) is 7.62. The summed E-state index contributed by atoms with van der Waals surface area (Å²) in [6, 6.07) is 2.10. The van der Waals surface area contributed by atoms with Crippen LogP contribution in [-0.2, 0) is 24.9 Å². The Morgan fingerprint density at radius 2 is 2.00 bits per heavy atom. The summed E-state index contributed by atoms with van der Waals surface area (Å²) >= 11 is 0. The minimum absolute atomic E-state index is 0.725. The normalized spacial score (nSPS) is 11.4. The number of hydrogen-bond donors (Lipinski definition) is 0. The molecule has 2 rings (SSSR count). The molecule has 0 saturated carbocycles. The van der Waals surface area contributed by atoms with Crippen molar-refractivity contribution in [1.29, 1.82) is 0 Å². The molecule has 0 atom stereocenters. The molecule has 0 amide bonds. The Labute approximate surface area is 132 Å². The quantitative estimate of drug-likeness (QED) is 0.787. The van der Waals surface area contributed by atoms with Crippen molar-refractivity contribution in [2.45, 2.75) is 33.9 Å². The van der Waals surface area contributed by atoms with Gasteiger partial charge in [-0.15, -0.1) is 0 Å². The average molecular weight is 302 g/mol. The third-order valence-electron chi connectivity index (χ3n) is 4.18. The number of aryl methyl sites for hydroxylation is 3. The molecular formula is C17H26N4O. The van der Waals surface area contributed by atoms with Crippen molar-refractivity contribution in [3.63, 3.8) is 0 Å². The predicted octanol–water partition coefficient (Wildman–Crippen LogP) is 2.39. The highest BCUT2D eigenvalue weighted by Crippen LogP contribution is 2.17. The maximum absolute atomic E-state index is 5.27. The minimum atomic E-state index is 0.725. The van der Waals surface area contributed by atoms with Crippen molar-refractivity contribution in [2.75, 3.05) is 20.3 Å². The molecule has 22 heavy (non-hydrogen) atoms. The molecular weight excluding hydrogens is 276 g/mol. The number of hydrogen-bond acceptors (Lipinski definition) is 4. The van der Waals surface area contributed by atoms with Gasteiger partial charge < -0.3 is 4.74 Å². The van der Waals surface area contributed by atoms with Crippen LogP contribution in [0.5, 0.6) is 0 Å². The van der Waals surface area contributed by atoms with E-state index in [0.717, 1.165) is 31.9 Å². The van der Waals surface area contributed by atoms with E-state index < -0.39 is 0 Å². The lowest BCUT2D eigenvalue weighted by atomic mass is 10.1. The lowest BCUT2D eigenvalue weighted by Gasteiger charge is -2.23. The SMILES string of the molecule is COCCN(Cc1ccncc1C)Cc1c(C)nn(C)c1C. The van der Waals surface area contributed by atoms with Crippen LogP contribution in [0.2, 0.25) is 0 Å². The lowest BCUT2D eigenvalue weighted by Crippen LogP contribution is -2.27. The largest absolute Gasteiger partial charge is 0.383 e. The number of aromatic nitrogens is 3. The van der Waals surface area contributed by atoms with Gasteiger partial charge in [0.05, 0.1) is 12.3 Å². The summed E-state index contributed by atoms with van der Waals surface area (Å²) in [5, 5.41) is 4.52. The molecule has 2 aromatic heterocycles. The molecule has 0 unspecified atom stereocenters. The average Bonchev–Trinajstić information content (AvgIpc) is 2.73. The maximum atomic E-state index is 5.27. The zero-order chi connectivity index (χ0) is 16.1. The van der Waals surface area contributed by atoms with Gasteiger partial charge in [-0.25, -0.2) is 0 Å². The van der Waals surface area contributed by atoms with Gasteiger partial charge >= 0.3 is 0 Å². The topological polar surface area (TPSA) is 43.2 Å². The van der Waals surface area contributed by atoms with Crippen molar-refractivity contribution in [1.82, 2.24) is 19.7 Å². The molecule has 0 aliphatic heterocycles. The van der Waals surface area contributed by atoms with E-state index >= 15 is 0 Å². The lowest BCUT2D eigenvalue weighted by molar-refractivity contribution is 0.139. The fourth-order valence-electron chi connectivity index (χ4n) is 2.62. The molecule has 0 N–H and O–H groups in total. The Morgan fingerprint density at radius 1 is 1.23 bits per heavy atom. The second kappa shape index (κ2) is 7.51. The molecule has 0 saturated heterocycles. The highest BCUT2D eigenvalue weighted by molar-refractivity contribution is 5.25. The van der Waals surface area contributed by atoms with Crippen LogP contribution in [0.4, 0.5) is 0 Å². The second-order valence-electron chi connectivity index (χ2n) is 5.78. The zero-order valence-electron chi connectivity index (χ0n) is 14.3. The number of pyridine rings is 1. The summed E-state index contributed by atoms with van der Waals surface area (Å²) in [5.74, 6) is 0. The molecule has 120 valence electrons. The van der Waals surface area contributed by atoms with Crippen LogP contribution in [0.25, 0.3) is 0 Å². The van der Waals surface area contributed by atoms with E-state index in [-0.39, 0.29) is 0 Å². The zero-order valence-corrected chi connectivity index (χ0v) is 14.3. The van der Waals surface area contributed by atoms with E-state index in [1.807, 2.05) is 24.1 Å². The molecule has 0 aromatic carbocycles. The standard InChI is InChI=1S/C17H26N4O/c1-13-10-18-7-6-16(13)11-21(8-9-22-5)12-17-14(2)19-20(4)15(17)3/h6-7,10H,8-9,11-12H2,1-5H3. The van der Waals surface area contributed by atoms with Gasteiger partial charge in [0, 0.05) is 57.4 Å². The van der Waals surface area contributed by atoms with Crippen molar-refractivity contribution in [2.24, 2.45) is 7.05 Å². The Balaban J connectivity index is 2.17. The van der Waals surface area contributed by atoms with Crippen LogP contribution in [-0.4, -0.2) is 39.9 Å². The van der Waals surface area contributed by atoms with Crippen LogP contribution >= 0.6 is 0 Å². The molecule has 0 aliphatic carbocycles. The van der Waals surface area contributed by atoms with E-state index in [9.17, 15) is 0 Å². The summed E-state index contributed by atoms with van der Waals surface area (Å²) in [4.78, 5) is 6.58. The highest BCUT2D eigenvalue weighted by Gasteiger charge is 2.15. The van der Waals surface area contributed by atoms with Crippen molar-refractivity contribution in [3.05, 3.63) is 46.5 Å². The van der Waals surface area contributed by atoms with Gasteiger partial charge in [0.25, 0.3) is 0 Å². The van der Waals surface area contributed by atoms with Crippen LogP contribution in [0, 0.1) is 20.8 Å². The first-order chi connectivity index (χ1) is 10.5. The molecule has 0 fully saturated rings. The third kappa shape index (κ3) is 3.93. The van der Waals surface area contributed by atoms with E-state index in [2.05, 4.69) is 41.8 Å². The number of nitrogens with zero attached hydrogens (tertiary/aromatic N) is 4. The molecule has 0 spiro atoms. The molecule has 0 radical (unpaired) electrons. The first-order valence-electron chi connectivity index (χ1n) is 7.62. The van der Waals surface area contributed by atoms with Gasteiger partial charge in [-0.3, -0.25) is 14.6 Å². The van der Waals surface area contributed by atoms with Gasteiger partial charge in [0.1, 0.15) is 0 Å². The Bertz CT molecular complexity index is 621. The van der Waals surface area contributed by atoms with E-state index in [4.69, 9.17) is 4.74 Å². The van der Waals surface area contributed by atoms with Gasteiger partial charge in [0.15, 0.2) is 0 Å². The fraction of sp³-hybridized carbons (Fsp3) is 0.529. The van der Waals surface area contributed by atoms with Crippen LogP contribution in [0.1, 0.15) is 28.1 Å². The molecule has 0 aliphatic rings. The second-order valence-corrected chi connectivity index (χ2v) is 5.78. The number of methoxy groups -OCH3 is 1. The molecule has 2 aromatic rings. The molecule has 5 nitrogen and oxygen atoms in total. The van der Waals surface area contributed by atoms with Gasteiger partial charge in [-0.2, -0.15) is 5.10 Å². The Kier molecular flexibility index (Phi) is 5.69. The van der Waals surface area contributed by atoms with Gasteiger partial charge in [-0.05, 0) is 38.0 Å². The summed E-state index contributed by atoms with van der Waals surface area (Å²) in [7, 11) is 3.74. The Hall–Kier alpha value is -1.72. The summed E-state index contributed by atoms with van der Waals surface area (Å²) in [6.07, 6.45) is 3.78. The van der Waals surface area contributed by atoms with E-state index in [1.54, 1.807) is 7.11 Å². The van der Waals surface area contributed by atoms with Crippen LogP contribution in [0.3, 0.4) is 0 Å². The summed E-state index contributed by atoms with van der Waals surface area (Å²) in [6.45, 7) is 9.71. The number of rotatable bonds is 7. The Morgan fingerprint density at radius 3 is 2.59 bits per heavy atom. The summed E-state index contributed by atoms with van der Waals surface area (Å²) < 4.78 is 7.22. The molecule has 2 heterocycles. The highest BCUT2D eigenvalue weighted by atomic mass is 16.5. The number of ether oxygens (including phenoxy) is 1. The van der Waals surface area contributed by atoms with Gasteiger partial charge in [-0.1, -0.05) is 0 Å². The van der Waals surface area contributed by atoms with E-state index in [0.29, 0.717) is 0 Å². The summed E-state index contributed by atoms with van der Waals surface area (Å²) in [5.41, 5.74) is 6.18. The molecule has 0 bridgehead atoms. The third-order valence-corrected chi connectivity index (χ3v) is 4.18. The fourth-order valence-corrected chi connectivity index (χ4v) is 2.62. The van der Waals surface area contributed by atoms with Crippen molar-refractivity contribution >= 4 is 0 Å². The van der Waals surface area contributed by atoms with E-state index in [1.165, 1.54) is 22.4 Å². The monoisotopic (exact) mass is 302 g/mol. The van der Waals surface area contributed by atoms with Crippen LogP contribution < -0.4 is 0 Å². The smallest absolute Gasteiger partial charge is 0.0641 e. The minimum Gasteiger partial charge on any atom is -0.383 e. The predicted molar refractivity (Wildman–Crippen MR) is 87.6 cm³/mol. The molecule has 5 heteroatoms. The maximum Gasteiger partial charge on any atom is 0.0641 e.